The first kappa shape index (κ1) is 24.5. The van der Waals surface area contributed by atoms with Crippen LogP contribution in [0.2, 0.25) is 0 Å². The minimum absolute atomic E-state index is 0.0339. The summed E-state index contributed by atoms with van der Waals surface area (Å²) in [5.41, 5.74) is 11.5. The number of amides is 2. The molecule has 0 radical (unpaired) electrons. The zero-order chi connectivity index (χ0) is 25.4. The molecular formula is C30H38N4O2. The summed E-state index contributed by atoms with van der Waals surface area (Å²) in [5.74, 6) is 0.564. The van der Waals surface area contributed by atoms with Crippen LogP contribution in [0.5, 0.6) is 0 Å². The number of nitrogens with two attached hydrogens (primary N) is 1. The van der Waals surface area contributed by atoms with Crippen LogP contribution in [-0.2, 0) is 17.6 Å². The van der Waals surface area contributed by atoms with Gasteiger partial charge in [0.1, 0.15) is 0 Å². The maximum Gasteiger partial charge on any atom is 0.251 e. The Bertz CT molecular complexity index is 1200. The van der Waals surface area contributed by atoms with E-state index in [0.717, 1.165) is 50.5 Å². The topological polar surface area (TPSA) is 87.8 Å². The molecule has 3 N–H and O–H groups in total. The molecule has 0 fully saturated rings. The second kappa shape index (κ2) is 9.72. The fraction of sp³-hybridized carbons (Fsp3) is 0.500. The number of hydrogen-bond acceptors (Lipinski definition) is 4. The van der Waals surface area contributed by atoms with Crippen molar-refractivity contribution in [2.45, 2.75) is 89.8 Å². The third-order valence-electron chi connectivity index (χ3n) is 8.86. The van der Waals surface area contributed by atoms with Crippen LogP contribution in [0.1, 0.15) is 104 Å². The number of fused-ring (bicyclic) bond motifs is 2. The lowest BCUT2D eigenvalue weighted by Gasteiger charge is -2.44. The molecule has 2 aliphatic carbocycles. The van der Waals surface area contributed by atoms with Crippen LogP contribution >= 0.6 is 0 Å². The van der Waals surface area contributed by atoms with E-state index in [1.165, 1.54) is 16.7 Å². The van der Waals surface area contributed by atoms with Gasteiger partial charge in [0.05, 0.1) is 24.0 Å². The highest BCUT2D eigenvalue weighted by atomic mass is 16.2. The second-order valence-electron chi connectivity index (χ2n) is 10.7. The Kier molecular flexibility index (Phi) is 6.62. The Labute approximate surface area is 214 Å². The Morgan fingerprint density at radius 1 is 1.06 bits per heavy atom. The van der Waals surface area contributed by atoms with E-state index in [0.29, 0.717) is 17.9 Å². The molecule has 0 saturated heterocycles. The Hall–Kier alpha value is -3.15. The summed E-state index contributed by atoms with van der Waals surface area (Å²) in [5, 5.41) is 3.25. The van der Waals surface area contributed by atoms with Crippen LogP contribution in [0.4, 0.5) is 0 Å². The van der Waals surface area contributed by atoms with Crippen LogP contribution in [0.25, 0.3) is 0 Å². The molecular weight excluding hydrogens is 448 g/mol. The molecule has 36 heavy (non-hydrogen) atoms. The predicted octanol–water partition coefficient (Wildman–Crippen LogP) is 5.22. The normalized spacial score (nSPS) is 24.6. The highest BCUT2D eigenvalue weighted by Crippen LogP contribution is 2.43. The quantitative estimate of drug-likeness (QED) is 0.587. The molecule has 3 aliphatic rings. The number of aliphatic imine (C=N–C) groups is 1. The van der Waals surface area contributed by atoms with Gasteiger partial charge in [0, 0.05) is 5.56 Å². The van der Waals surface area contributed by atoms with Crippen LogP contribution in [0.3, 0.4) is 0 Å². The fourth-order valence-corrected chi connectivity index (χ4v) is 6.50. The number of hydrogen-bond donors (Lipinski definition) is 2. The van der Waals surface area contributed by atoms with Gasteiger partial charge < -0.3 is 11.1 Å². The highest BCUT2D eigenvalue weighted by molar-refractivity contribution is 6.00. The molecule has 0 aromatic heterocycles. The molecule has 2 aromatic rings. The molecule has 3 atom stereocenters. The summed E-state index contributed by atoms with van der Waals surface area (Å²) < 4.78 is 0. The minimum atomic E-state index is -0.407. The van der Waals surface area contributed by atoms with Crippen molar-refractivity contribution in [3.05, 3.63) is 70.3 Å². The molecule has 2 aromatic carbocycles. The zero-order valence-electron chi connectivity index (χ0n) is 21.7. The molecule has 1 aliphatic heterocycles. The van der Waals surface area contributed by atoms with Crippen LogP contribution in [0.15, 0.2) is 47.5 Å². The number of nitrogens with zero attached hydrogens (tertiary/aromatic N) is 2. The van der Waals surface area contributed by atoms with Gasteiger partial charge in [-0.05, 0) is 78.8 Å². The number of rotatable bonds is 6. The molecule has 0 spiro atoms. The van der Waals surface area contributed by atoms with Crippen LogP contribution < -0.4 is 11.1 Å². The van der Waals surface area contributed by atoms with Crippen molar-refractivity contribution >= 4 is 17.8 Å². The highest BCUT2D eigenvalue weighted by Gasteiger charge is 2.44. The van der Waals surface area contributed by atoms with E-state index in [-0.39, 0.29) is 29.8 Å². The summed E-state index contributed by atoms with van der Waals surface area (Å²) in [7, 11) is 0. The van der Waals surface area contributed by atoms with Gasteiger partial charge in [0.25, 0.3) is 5.91 Å². The van der Waals surface area contributed by atoms with Crippen molar-refractivity contribution < 1.29 is 9.59 Å². The van der Waals surface area contributed by atoms with Crippen molar-refractivity contribution in [3.63, 3.8) is 0 Å². The van der Waals surface area contributed by atoms with E-state index in [9.17, 15) is 9.59 Å². The summed E-state index contributed by atoms with van der Waals surface area (Å²) in [6, 6.07) is 14.2. The molecule has 0 saturated carbocycles. The third-order valence-corrected chi connectivity index (χ3v) is 8.86. The van der Waals surface area contributed by atoms with E-state index >= 15 is 0 Å². The lowest BCUT2D eigenvalue weighted by Crippen LogP contribution is -2.54. The smallest absolute Gasteiger partial charge is 0.251 e. The molecule has 2 amide bonds. The van der Waals surface area contributed by atoms with Gasteiger partial charge in [-0.2, -0.15) is 0 Å². The third kappa shape index (κ3) is 4.21. The zero-order valence-corrected chi connectivity index (χ0v) is 21.7. The van der Waals surface area contributed by atoms with Crippen LogP contribution in [-0.4, -0.2) is 28.2 Å². The Morgan fingerprint density at radius 2 is 1.78 bits per heavy atom. The molecule has 6 heteroatoms. The molecule has 1 heterocycles. The summed E-state index contributed by atoms with van der Waals surface area (Å²) in [6.07, 6.45) is 6.72. The maximum atomic E-state index is 13.6. The lowest BCUT2D eigenvalue weighted by atomic mass is 9.76. The van der Waals surface area contributed by atoms with E-state index in [2.05, 4.69) is 50.4 Å². The number of carbonyl (C=O) groups is 2. The molecule has 5 rings (SSSR count). The van der Waals surface area contributed by atoms with Crippen molar-refractivity contribution in [1.82, 2.24) is 10.2 Å². The van der Waals surface area contributed by atoms with E-state index < -0.39 is 5.54 Å². The summed E-state index contributed by atoms with van der Waals surface area (Å²) in [6.45, 7) is 6.31. The van der Waals surface area contributed by atoms with Gasteiger partial charge in [0.2, 0.25) is 5.91 Å². The second-order valence-corrected chi connectivity index (χ2v) is 10.7. The maximum absolute atomic E-state index is 13.6. The molecule has 190 valence electrons. The minimum Gasteiger partial charge on any atom is -0.369 e. The van der Waals surface area contributed by atoms with Crippen molar-refractivity contribution in [3.8, 4) is 0 Å². The number of nitrogens with one attached hydrogen (secondary N) is 1. The molecule has 6 nitrogen and oxygen atoms in total. The Morgan fingerprint density at radius 3 is 2.50 bits per heavy atom. The van der Waals surface area contributed by atoms with Crippen molar-refractivity contribution in [1.29, 1.82) is 0 Å². The fourth-order valence-electron chi connectivity index (χ4n) is 6.50. The van der Waals surface area contributed by atoms with Gasteiger partial charge in [0.15, 0.2) is 5.96 Å². The monoisotopic (exact) mass is 486 g/mol. The molecule has 0 bridgehead atoms. The first-order valence-corrected chi connectivity index (χ1v) is 13.6. The van der Waals surface area contributed by atoms with Crippen molar-refractivity contribution in [2.24, 2.45) is 16.6 Å². The first-order chi connectivity index (χ1) is 17.4. The van der Waals surface area contributed by atoms with E-state index in [1.54, 1.807) is 4.90 Å². The standard InChI is InChI=1S/C30H38N4O2/c1-4-19-11-12-21-13-14-22(28(36)32-25-16-15-20-9-7-8-10-23(20)25)17-24(21)27(19)34-26(35)18-30(5-2,6-3)33-29(34)31/h7-10,13-14,17,19,25,27H,4-6,11-12,15-16,18H2,1-3H3,(H2,31,33)(H,32,36)/t19-,25-,27+/m0/s1. The van der Waals surface area contributed by atoms with Gasteiger partial charge in [-0.1, -0.05) is 57.5 Å². The van der Waals surface area contributed by atoms with Gasteiger partial charge >= 0.3 is 0 Å². The SMILES string of the molecule is CC[C@H]1CCc2ccc(C(=O)N[C@H]3CCc4ccccc43)cc2[C@@H]1N1C(=O)CC(CC)(CC)N=C1N. The average molecular weight is 487 g/mol. The number of aryl methyl sites for hydroxylation is 2. The van der Waals surface area contributed by atoms with E-state index in [1.807, 2.05) is 18.2 Å². The molecule has 0 unspecified atom stereocenters. The Balaban J connectivity index is 1.47. The van der Waals surface area contributed by atoms with Gasteiger partial charge in [-0.3, -0.25) is 14.5 Å². The van der Waals surface area contributed by atoms with Crippen molar-refractivity contribution in [2.75, 3.05) is 0 Å². The summed E-state index contributed by atoms with van der Waals surface area (Å²) in [4.78, 5) is 33.5. The van der Waals surface area contributed by atoms with E-state index in [4.69, 9.17) is 10.7 Å². The van der Waals surface area contributed by atoms with Gasteiger partial charge in [-0.15, -0.1) is 0 Å². The predicted molar refractivity (Wildman–Crippen MR) is 143 cm³/mol. The number of carbonyl (C=O) groups excluding carboxylic acids is 2. The number of guanidine groups is 1. The first-order valence-electron chi connectivity index (χ1n) is 13.6. The summed E-state index contributed by atoms with van der Waals surface area (Å²) >= 11 is 0. The number of benzene rings is 2. The lowest BCUT2D eigenvalue weighted by molar-refractivity contribution is -0.132. The van der Waals surface area contributed by atoms with Crippen LogP contribution in [0, 0.1) is 5.92 Å². The van der Waals surface area contributed by atoms with Gasteiger partial charge in [-0.25, -0.2) is 4.99 Å². The average Bonchev–Trinajstić information content (AvgIpc) is 3.30. The largest absolute Gasteiger partial charge is 0.369 e.